The number of benzene rings is 1. The summed E-state index contributed by atoms with van der Waals surface area (Å²) in [4.78, 5) is 10.3. The Bertz CT molecular complexity index is 582. The molecule has 0 fully saturated rings. The predicted molar refractivity (Wildman–Crippen MR) is 79.1 cm³/mol. The molecule has 0 saturated carbocycles. The van der Waals surface area contributed by atoms with Crippen molar-refractivity contribution >= 4 is 44.8 Å². The van der Waals surface area contributed by atoms with Crippen LogP contribution in [0.25, 0.3) is 0 Å². The van der Waals surface area contributed by atoms with E-state index in [0.717, 1.165) is 0 Å². The van der Waals surface area contributed by atoms with Crippen LogP contribution in [0.5, 0.6) is 0 Å². The Morgan fingerprint density at radius 2 is 1.75 bits per heavy atom. The number of sulfonamides is 1. The van der Waals surface area contributed by atoms with E-state index in [-0.39, 0.29) is 33.6 Å². The van der Waals surface area contributed by atoms with Crippen molar-refractivity contribution in [3.63, 3.8) is 0 Å². The maximum atomic E-state index is 12.1. The zero-order valence-electron chi connectivity index (χ0n) is 10.5. The fourth-order valence-corrected chi connectivity index (χ4v) is 3.84. The van der Waals surface area contributed by atoms with Gasteiger partial charge in [-0.1, -0.05) is 23.2 Å². The third-order valence-electron chi connectivity index (χ3n) is 2.43. The average molecular weight is 340 g/mol. The summed E-state index contributed by atoms with van der Waals surface area (Å²) >= 11 is 11.7. The number of nitrogen functional groups attached to an aromatic ring is 1. The first-order valence-electron chi connectivity index (χ1n) is 5.76. The van der Waals surface area contributed by atoms with Gasteiger partial charge >= 0.3 is 0 Å². The molecule has 1 aromatic rings. The van der Waals surface area contributed by atoms with Crippen molar-refractivity contribution in [2.75, 3.05) is 12.3 Å². The quantitative estimate of drug-likeness (QED) is 0.515. The number of hydrogen-bond acceptors (Lipinski definition) is 4. The molecule has 0 aliphatic rings. The molecule has 5 N–H and O–H groups in total. The summed E-state index contributed by atoms with van der Waals surface area (Å²) in [5, 5.41) is -0.0840. The SMILES string of the molecule is NC(=O)CCCCNS(=O)(=O)c1c(Cl)cc(N)cc1Cl. The van der Waals surface area contributed by atoms with Crippen LogP contribution in [0.15, 0.2) is 17.0 Å². The maximum absolute atomic E-state index is 12.1. The molecule has 0 bridgehead atoms. The molecular formula is C11H15Cl2N3O3S. The van der Waals surface area contributed by atoms with Gasteiger partial charge in [-0.05, 0) is 25.0 Å². The second kappa shape index (κ2) is 7.12. The van der Waals surface area contributed by atoms with Crippen molar-refractivity contribution in [1.29, 1.82) is 0 Å². The Kier molecular flexibility index (Phi) is 6.07. The summed E-state index contributed by atoms with van der Waals surface area (Å²) in [6.07, 6.45) is 1.19. The highest BCUT2D eigenvalue weighted by Gasteiger charge is 2.21. The number of hydrogen-bond donors (Lipinski definition) is 3. The maximum Gasteiger partial charge on any atom is 0.243 e. The van der Waals surface area contributed by atoms with Crippen LogP contribution in [0.1, 0.15) is 19.3 Å². The number of rotatable bonds is 7. The van der Waals surface area contributed by atoms with Crippen molar-refractivity contribution < 1.29 is 13.2 Å². The lowest BCUT2D eigenvalue weighted by molar-refractivity contribution is -0.118. The molecule has 0 spiro atoms. The van der Waals surface area contributed by atoms with Crippen LogP contribution >= 0.6 is 23.2 Å². The third kappa shape index (κ3) is 4.82. The first kappa shape index (κ1) is 17.0. The van der Waals surface area contributed by atoms with Gasteiger partial charge in [0.2, 0.25) is 15.9 Å². The average Bonchev–Trinajstić information content (AvgIpc) is 2.25. The fraction of sp³-hybridized carbons (Fsp3) is 0.364. The molecule has 0 saturated heterocycles. The summed E-state index contributed by atoms with van der Waals surface area (Å²) in [5.41, 5.74) is 10.8. The summed E-state index contributed by atoms with van der Waals surface area (Å²) in [6, 6.07) is 2.63. The molecule has 1 rings (SSSR count). The number of anilines is 1. The van der Waals surface area contributed by atoms with E-state index in [0.29, 0.717) is 12.8 Å². The number of carbonyl (C=O) groups is 1. The highest BCUT2D eigenvalue weighted by atomic mass is 35.5. The minimum absolute atomic E-state index is 0.0420. The smallest absolute Gasteiger partial charge is 0.243 e. The molecule has 0 radical (unpaired) electrons. The van der Waals surface area contributed by atoms with E-state index in [1.165, 1.54) is 12.1 Å². The Balaban J connectivity index is 2.73. The minimum Gasteiger partial charge on any atom is -0.399 e. The summed E-state index contributed by atoms with van der Waals surface area (Å²) < 4.78 is 26.5. The van der Waals surface area contributed by atoms with Gasteiger partial charge in [0.1, 0.15) is 4.90 Å². The zero-order chi connectivity index (χ0) is 15.3. The third-order valence-corrected chi connectivity index (χ3v) is 4.81. The molecule has 0 atom stereocenters. The second-order valence-corrected chi connectivity index (χ2v) is 6.65. The van der Waals surface area contributed by atoms with E-state index in [4.69, 9.17) is 34.7 Å². The van der Waals surface area contributed by atoms with Gasteiger partial charge in [0.15, 0.2) is 0 Å². The topological polar surface area (TPSA) is 115 Å². The summed E-state index contributed by atoms with van der Waals surface area (Å²) in [7, 11) is -3.82. The van der Waals surface area contributed by atoms with Gasteiger partial charge in [-0.25, -0.2) is 13.1 Å². The van der Waals surface area contributed by atoms with Crippen LogP contribution in [-0.2, 0) is 14.8 Å². The number of unbranched alkanes of at least 4 members (excludes halogenated alkanes) is 1. The molecule has 6 nitrogen and oxygen atoms in total. The first-order chi connectivity index (χ1) is 9.24. The molecule has 20 heavy (non-hydrogen) atoms. The van der Waals surface area contributed by atoms with Crippen molar-refractivity contribution in [1.82, 2.24) is 4.72 Å². The van der Waals surface area contributed by atoms with Crippen LogP contribution in [-0.4, -0.2) is 20.9 Å². The molecule has 112 valence electrons. The van der Waals surface area contributed by atoms with Gasteiger partial charge in [-0.15, -0.1) is 0 Å². The van der Waals surface area contributed by atoms with Crippen molar-refractivity contribution in [2.24, 2.45) is 5.73 Å². The van der Waals surface area contributed by atoms with E-state index in [1.807, 2.05) is 0 Å². The number of nitrogens with one attached hydrogen (secondary N) is 1. The fourth-order valence-electron chi connectivity index (χ4n) is 1.54. The van der Waals surface area contributed by atoms with Crippen molar-refractivity contribution in [3.8, 4) is 0 Å². The van der Waals surface area contributed by atoms with Gasteiger partial charge in [0, 0.05) is 18.7 Å². The lowest BCUT2D eigenvalue weighted by atomic mass is 10.2. The van der Waals surface area contributed by atoms with Gasteiger partial charge in [0.05, 0.1) is 10.0 Å². The predicted octanol–water partition coefficient (Wildman–Crippen LogP) is 1.51. The van der Waals surface area contributed by atoms with Crippen LogP contribution in [0.4, 0.5) is 5.69 Å². The van der Waals surface area contributed by atoms with E-state index in [2.05, 4.69) is 4.72 Å². The molecule has 0 unspecified atom stereocenters. The lowest BCUT2D eigenvalue weighted by Crippen LogP contribution is -2.25. The Hall–Kier alpha value is -1.02. The van der Waals surface area contributed by atoms with Crippen LogP contribution in [0, 0.1) is 0 Å². The molecule has 1 amide bonds. The largest absolute Gasteiger partial charge is 0.399 e. The molecule has 9 heteroatoms. The minimum atomic E-state index is -3.82. The van der Waals surface area contributed by atoms with Crippen LogP contribution < -0.4 is 16.2 Å². The molecule has 1 aromatic carbocycles. The molecule has 0 aliphatic heterocycles. The monoisotopic (exact) mass is 339 g/mol. The zero-order valence-corrected chi connectivity index (χ0v) is 12.9. The van der Waals surface area contributed by atoms with Crippen molar-refractivity contribution in [2.45, 2.75) is 24.2 Å². The van der Waals surface area contributed by atoms with E-state index < -0.39 is 15.9 Å². The van der Waals surface area contributed by atoms with E-state index in [1.54, 1.807) is 0 Å². The van der Waals surface area contributed by atoms with Gasteiger partial charge in [-0.2, -0.15) is 0 Å². The highest BCUT2D eigenvalue weighted by Crippen LogP contribution is 2.31. The van der Waals surface area contributed by atoms with Crippen LogP contribution in [0.2, 0.25) is 10.0 Å². The molecular weight excluding hydrogens is 325 g/mol. The Labute approximate surface area is 127 Å². The highest BCUT2D eigenvalue weighted by molar-refractivity contribution is 7.89. The van der Waals surface area contributed by atoms with Gasteiger partial charge < -0.3 is 11.5 Å². The molecule has 0 aromatic heterocycles. The van der Waals surface area contributed by atoms with Crippen molar-refractivity contribution in [3.05, 3.63) is 22.2 Å². The standard InChI is InChI=1S/C11H15Cl2N3O3S/c12-8-5-7(14)6-9(13)11(8)20(18,19)16-4-2-1-3-10(15)17/h5-6,16H,1-4,14H2,(H2,15,17). The number of nitrogens with two attached hydrogens (primary N) is 2. The van der Waals surface area contributed by atoms with E-state index in [9.17, 15) is 13.2 Å². The number of primary amides is 1. The van der Waals surface area contributed by atoms with Crippen LogP contribution in [0.3, 0.4) is 0 Å². The number of halogens is 2. The normalized spacial score (nSPS) is 11.5. The summed E-state index contributed by atoms with van der Waals surface area (Å²) in [5.74, 6) is -0.419. The molecule has 0 heterocycles. The number of amides is 1. The summed E-state index contributed by atoms with van der Waals surface area (Å²) in [6.45, 7) is 0.159. The molecule has 0 aliphatic carbocycles. The Morgan fingerprint density at radius 3 is 2.25 bits per heavy atom. The first-order valence-corrected chi connectivity index (χ1v) is 8.00. The lowest BCUT2D eigenvalue weighted by Gasteiger charge is -2.10. The van der Waals surface area contributed by atoms with E-state index >= 15 is 0 Å². The second-order valence-electron chi connectivity index (χ2n) is 4.13. The number of carbonyl (C=O) groups excluding carboxylic acids is 1. The van der Waals surface area contributed by atoms with Gasteiger partial charge in [0.25, 0.3) is 0 Å². The Morgan fingerprint density at radius 1 is 1.20 bits per heavy atom. The van der Waals surface area contributed by atoms with Gasteiger partial charge in [-0.3, -0.25) is 4.79 Å².